The number of aliphatic hydroxyl groups is 1. The smallest absolute Gasteiger partial charge is 0.300 e. The molecule has 1 N–H and O–H groups in total. The van der Waals surface area contributed by atoms with Gasteiger partial charge >= 0.3 is 0 Å². The van der Waals surface area contributed by atoms with Crippen molar-refractivity contribution in [3.05, 3.63) is 83.4 Å². The first kappa shape index (κ1) is 24.2. The van der Waals surface area contributed by atoms with Gasteiger partial charge in [0.25, 0.3) is 11.7 Å². The maximum atomic E-state index is 13.4. The quantitative estimate of drug-likeness (QED) is 0.269. The third-order valence-corrected chi connectivity index (χ3v) is 6.06. The third-order valence-electron chi connectivity index (χ3n) is 6.06. The fourth-order valence-corrected chi connectivity index (χ4v) is 4.51. The van der Waals surface area contributed by atoms with Crippen molar-refractivity contribution in [1.82, 2.24) is 0 Å². The average Bonchev–Trinajstić information content (AvgIpc) is 3.46. The molecular weight excluding hydrogens is 474 g/mol. The number of ketones is 1. The van der Waals surface area contributed by atoms with E-state index in [1.807, 2.05) is 20.8 Å². The number of hydrogen-bond donors (Lipinski definition) is 1. The SMILES string of the molecule is CCOc1cccc(/C(O)=C2\C(=O)C(=O)N(c3ccc4c(c3)OCO4)C2c2ccc(OC(C)C)cc2)c1. The highest BCUT2D eigenvalue weighted by molar-refractivity contribution is 6.51. The van der Waals surface area contributed by atoms with E-state index >= 15 is 0 Å². The number of nitrogens with zero attached hydrogens (tertiary/aromatic N) is 1. The van der Waals surface area contributed by atoms with Gasteiger partial charge < -0.3 is 24.1 Å². The normalized spacial score (nSPS) is 17.9. The van der Waals surface area contributed by atoms with Gasteiger partial charge in [0.15, 0.2) is 11.5 Å². The lowest BCUT2D eigenvalue weighted by atomic mass is 9.95. The van der Waals surface area contributed by atoms with Crippen LogP contribution in [0.15, 0.2) is 72.3 Å². The van der Waals surface area contributed by atoms with Crippen LogP contribution in [0.2, 0.25) is 0 Å². The van der Waals surface area contributed by atoms with Crippen LogP contribution in [-0.2, 0) is 9.59 Å². The van der Waals surface area contributed by atoms with Crippen molar-refractivity contribution in [2.24, 2.45) is 0 Å². The van der Waals surface area contributed by atoms with E-state index in [2.05, 4.69) is 0 Å². The van der Waals surface area contributed by atoms with Gasteiger partial charge in [0, 0.05) is 17.3 Å². The summed E-state index contributed by atoms with van der Waals surface area (Å²) in [6, 6.07) is 18.1. The molecule has 8 heteroatoms. The molecule has 1 saturated heterocycles. The largest absolute Gasteiger partial charge is 0.507 e. The van der Waals surface area contributed by atoms with Crippen molar-refractivity contribution < 1.29 is 33.6 Å². The summed E-state index contributed by atoms with van der Waals surface area (Å²) in [4.78, 5) is 28.2. The Kier molecular flexibility index (Phi) is 6.48. The van der Waals surface area contributed by atoms with E-state index in [-0.39, 0.29) is 24.2 Å². The lowest BCUT2D eigenvalue weighted by Crippen LogP contribution is -2.29. The van der Waals surface area contributed by atoms with Crippen LogP contribution in [-0.4, -0.2) is 36.3 Å². The summed E-state index contributed by atoms with van der Waals surface area (Å²) < 4.78 is 22.2. The maximum Gasteiger partial charge on any atom is 0.300 e. The molecule has 5 rings (SSSR count). The van der Waals surface area contributed by atoms with E-state index in [1.165, 1.54) is 4.90 Å². The van der Waals surface area contributed by atoms with E-state index in [1.54, 1.807) is 66.7 Å². The van der Waals surface area contributed by atoms with E-state index in [4.69, 9.17) is 18.9 Å². The number of carbonyl (C=O) groups excluding carboxylic acids is 2. The molecule has 2 aliphatic heterocycles. The molecule has 0 bridgehead atoms. The molecule has 1 fully saturated rings. The van der Waals surface area contributed by atoms with Gasteiger partial charge in [-0.2, -0.15) is 0 Å². The molecule has 0 saturated carbocycles. The Morgan fingerprint density at radius 1 is 1.00 bits per heavy atom. The van der Waals surface area contributed by atoms with Crippen molar-refractivity contribution in [2.45, 2.75) is 32.9 Å². The summed E-state index contributed by atoms with van der Waals surface area (Å²) in [5.74, 6) is 0.406. The lowest BCUT2D eigenvalue weighted by molar-refractivity contribution is -0.132. The minimum Gasteiger partial charge on any atom is -0.507 e. The number of hydrogen-bond acceptors (Lipinski definition) is 7. The Bertz CT molecular complexity index is 1380. The van der Waals surface area contributed by atoms with Crippen LogP contribution in [0.1, 0.15) is 37.9 Å². The first-order valence-corrected chi connectivity index (χ1v) is 12.1. The van der Waals surface area contributed by atoms with Crippen LogP contribution in [0.4, 0.5) is 5.69 Å². The molecule has 37 heavy (non-hydrogen) atoms. The molecule has 0 aromatic heterocycles. The van der Waals surface area contributed by atoms with E-state index in [0.29, 0.717) is 46.4 Å². The highest BCUT2D eigenvalue weighted by Crippen LogP contribution is 2.45. The fraction of sp³-hybridized carbons (Fsp3) is 0.241. The van der Waals surface area contributed by atoms with Gasteiger partial charge in [-0.1, -0.05) is 24.3 Å². The minimum absolute atomic E-state index is 0.0114. The summed E-state index contributed by atoms with van der Waals surface area (Å²) in [6.45, 7) is 6.24. The molecule has 190 valence electrons. The standard InChI is InChI=1S/C29H27NO7/c1-4-34-22-7-5-6-19(14-22)27(31)25-26(18-8-11-21(12-9-18)37-17(2)3)30(29(33)28(25)32)20-10-13-23-24(15-20)36-16-35-23/h5-15,17,26,31H,4,16H2,1-3H3/b27-25+. The number of rotatable bonds is 7. The van der Waals surface area contributed by atoms with Crippen molar-refractivity contribution in [1.29, 1.82) is 0 Å². The number of carbonyl (C=O) groups is 2. The Morgan fingerprint density at radius 2 is 1.76 bits per heavy atom. The average molecular weight is 502 g/mol. The number of amides is 1. The Balaban J connectivity index is 1.65. The zero-order chi connectivity index (χ0) is 26.1. The van der Waals surface area contributed by atoms with E-state index < -0.39 is 17.7 Å². The molecule has 0 radical (unpaired) electrons. The third kappa shape index (κ3) is 4.58. The molecule has 3 aromatic rings. The van der Waals surface area contributed by atoms with Crippen LogP contribution in [0.3, 0.4) is 0 Å². The molecule has 2 aliphatic rings. The maximum absolute atomic E-state index is 13.4. The van der Waals surface area contributed by atoms with E-state index in [9.17, 15) is 14.7 Å². The van der Waals surface area contributed by atoms with Gasteiger partial charge in [-0.25, -0.2) is 0 Å². The second-order valence-electron chi connectivity index (χ2n) is 8.90. The second kappa shape index (κ2) is 9.89. The molecule has 8 nitrogen and oxygen atoms in total. The van der Waals surface area contributed by atoms with Crippen molar-refractivity contribution in [3.63, 3.8) is 0 Å². The molecule has 2 heterocycles. The Hall–Kier alpha value is -4.46. The van der Waals surface area contributed by atoms with Crippen LogP contribution in [0, 0.1) is 0 Å². The number of Topliss-reactive ketones (excluding diaryl/α,β-unsaturated/α-hetero) is 1. The van der Waals surface area contributed by atoms with Crippen LogP contribution in [0.5, 0.6) is 23.0 Å². The first-order chi connectivity index (χ1) is 17.9. The van der Waals surface area contributed by atoms with Crippen LogP contribution < -0.4 is 23.8 Å². The first-order valence-electron chi connectivity index (χ1n) is 12.1. The minimum atomic E-state index is -0.885. The molecule has 1 atom stereocenters. The summed E-state index contributed by atoms with van der Waals surface area (Å²) in [7, 11) is 0. The van der Waals surface area contributed by atoms with Crippen molar-refractivity contribution in [3.8, 4) is 23.0 Å². The molecule has 0 aliphatic carbocycles. The molecule has 0 spiro atoms. The van der Waals surface area contributed by atoms with Crippen LogP contribution in [0.25, 0.3) is 5.76 Å². The topological polar surface area (TPSA) is 94.5 Å². The van der Waals surface area contributed by atoms with E-state index in [0.717, 1.165) is 0 Å². The monoisotopic (exact) mass is 501 g/mol. The van der Waals surface area contributed by atoms with Crippen molar-refractivity contribution in [2.75, 3.05) is 18.3 Å². The highest BCUT2D eigenvalue weighted by atomic mass is 16.7. The molecule has 1 amide bonds. The number of ether oxygens (including phenoxy) is 4. The zero-order valence-corrected chi connectivity index (χ0v) is 20.8. The highest BCUT2D eigenvalue weighted by Gasteiger charge is 2.47. The number of benzene rings is 3. The number of aliphatic hydroxyl groups excluding tert-OH is 1. The lowest BCUT2D eigenvalue weighted by Gasteiger charge is -2.26. The van der Waals surface area contributed by atoms with Gasteiger partial charge in [-0.05, 0) is 62.7 Å². The zero-order valence-electron chi connectivity index (χ0n) is 20.8. The summed E-state index contributed by atoms with van der Waals surface area (Å²) in [6.07, 6.45) is -0.0114. The van der Waals surface area contributed by atoms with Crippen molar-refractivity contribution >= 4 is 23.1 Å². The Labute approximate surface area is 214 Å². The molecule has 3 aromatic carbocycles. The number of fused-ring (bicyclic) bond motifs is 1. The summed E-state index contributed by atoms with van der Waals surface area (Å²) in [5.41, 5.74) is 1.43. The molecule has 1 unspecified atom stereocenters. The van der Waals surface area contributed by atoms with Gasteiger partial charge in [0.1, 0.15) is 17.3 Å². The van der Waals surface area contributed by atoms with Gasteiger partial charge in [-0.15, -0.1) is 0 Å². The summed E-state index contributed by atoms with van der Waals surface area (Å²) in [5, 5.41) is 11.4. The molecular formula is C29H27NO7. The Morgan fingerprint density at radius 3 is 2.49 bits per heavy atom. The predicted octanol–water partition coefficient (Wildman–Crippen LogP) is 5.23. The van der Waals surface area contributed by atoms with Gasteiger partial charge in [0.2, 0.25) is 6.79 Å². The van der Waals surface area contributed by atoms with Gasteiger partial charge in [0.05, 0.1) is 24.3 Å². The second-order valence-corrected chi connectivity index (χ2v) is 8.90. The van der Waals surface area contributed by atoms with Crippen LogP contribution >= 0.6 is 0 Å². The number of anilines is 1. The van der Waals surface area contributed by atoms with Gasteiger partial charge in [-0.3, -0.25) is 14.5 Å². The predicted molar refractivity (Wildman–Crippen MR) is 137 cm³/mol. The fourth-order valence-electron chi connectivity index (χ4n) is 4.51. The summed E-state index contributed by atoms with van der Waals surface area (Å²) >= 11 is 0.